The van der Waals surface area contributed by atoms with Crippen molar-refractivity contribution in [2.24, 2.45) is 5.92 Å². The number of nitrogens with zero attached hydrogens (tertiary/aromatic N) is 2. The number of methoxy groups -OCH3 is 1. The number of benzene rings is 1. The summed E-state index contributed by atoms with van der Waals surface area (Å²) in [5, 5.41) is 15.8. The van der Waals surface area contributed by atoms with Gasteiger partial charge in [-0.2, -0.15) is 0 Å². The molecule has 2 bridgehead atoms. The van der Waals surface area contributed by atoms with Crippen molar-refractivity contribution in [2.75, 3.05) is 19.0 Å². The van der Waals surface area contributed by atoms with Crippen molar-refractivity contribution in [3.8, 4) is 28.8 Å². The van der Waals surface area contributed by atoms with E-state index < -0.39 is 11.9 Å². The molecule has 3 aromatic rings. The molecule has 2 aromatic heterocycles. The summed E-state index contributed by atoms with van der Waals surface area (Å²) >= 11 is 0. The molecular formula is C28H26FN5O4. The second kappa shape index (κ2) is 9.41. The molecule has 3 aliphatic rings. The molecule has 0 radical (unpaired) electrons. The number of hydrogen-bond donors (Lipinski definition) is 4. The Labute approximate surface area is 218 Å². The van der Waals surface area contributed by atoms with Crippen LogP contribution in [0.3, 0.4) is 0 Å². The molecule has 1 saturated heterocycles. The maximum absolute atomic E-state index is 14.5. The van der Waals surface area contributed by atoms with E-state index in [9.17, 15) is 19.1 Å². The lowest BCUT2D eigenvalue weighted by Crippen LogP contribution is -2.43. The average Bonchev–Trinajstić information content (AvgIpc) is 3.62. The number of ether oxygens (including phenoxy) is 1. The molecule has 1 aromatic carbocycles. The van der Waals surface area contributed by atoms with Gasteiger partial charge in [0.2, 0.25) is 0 Å². The first-order valence-electron chi connectivity index (χ1n) is 12.6. The summed E-state index contributed by atoms with van der Waals surface area (Å²) < 4.78 is 19.7. The number of carbonyl (C=O) groups is 2. The fourth-order valence-electron chi connectivity index (χ4n) is 5.97. The first-order valence-corrected chi connectivity index (χ1v) is 12.6. The van der Waals surface area contributed by atoms with Gasteiger partial charge in [-0.25, -0.2) is 9.18 Å². The Morgan fingerprint density at radius 1 is 1.32 bits per heavy atom. The van der Waals surface area contributed by atoms with Crippen LogP contribution in [-0.2, 0) is 6.42 Å². The van der Waals surface area contributed by atoms with Crippen LogP contribution in [0.25, 0.3) is 11.3 Å². The van der Waals surface area contributed by atoms with Crippen LogP contribution >= 0.6 is 0 Å². The van der Waals surface area contributed by atoms with E-state index in [1.165, 1.54) is 18.1 Å². The predicted octanol–water partition coefficient (Wildman–Crippen LogP) is 4.14. The number of pyridine rings is 1. The van der Waals surface area contributed by atoms with E-state index in [1.807, 2.05) is 0 Å². The average molecular weight is 516 g/mol. The lowest BCUT2D eigenvalue weighted by molar-refractivity contribution is 0.0946. The smallest absolute Gasteiger partial charge is 0.408 e. The molecule has 9 nitrogen and oxygen atoms in total. The van der Waals surface area contributed by atoms with Crippen LogP contribution in [0.1, 0.15) is 40.9 Å². The van der Waals surface area contributed by atoms with Crippen LogP contribution in [0.4, 0.5) is 20.6 Å². The summed E-state index contributed by atoms with van der Waals surface area (Å²) in [6.45, 7) is 0.493. The molecular weight excluding hydrogens is 489 g/mol. The Kier molecular flexibility index (Phi) is 5.91. The standard InChI is InChI=1S/C28H26FN5O4/c1-38-26-19(29)3-2-4-21(26)33-25-23-20(10-12-31-27(23)35)32-24(25)18-9-11-30-14-16(18)6-8-22-15-5-7-17(13-15)34(22)28(36)37/h2-4,9,11,14-15,17,22,32-33H,5,7,10,12-13H2,1H3,(H,31,35)(H,36,37)/t15-,17+,22+/m1/s1. The van der Waals surface area contributed by atoms with Gasteiger partial charge in [0.05, 0.1) is 41.3 Å². The zero-order chi connectivity index (χ0) is 26.4. The molecule has 2 fully saturated rings. The van der Waals surface area contributed by atoms with Gasteiger partial charge in [0.25, 0.3) is 5.91 Å². The van der Waals surface area contributed by atoms with Crippen LogP contribution in [0.15, 0.2) is 36.7 Å². The molecule has 38 heavy (non-hydrogen) atoms. The normalized spacial score (nSPS) is 21.4. The highest BCUT2D eigenvalue weighted by molar-refractivity contribution is 6.06. The molecule has 0 unspecified atom stereocenters. The maximum Gasteiger partial charge on any atom is 0.408 e. The number of amides is 2. The number of piperidine rings is 1. The monoisotopic (exact) mass is 515 g/mol. The highest BCUT2D eigenvalue weighted by atomic mass is 19.1. The third kappa shape index (κ3) is 3.91. The van der Waals surface area contributed by atoms with Gasteiger partial charge in [0.1, 0.15) is 0 Å². The summed E-state index contributed by atoms with van der Waals surface area (Å²) in [4.78, 5) is 34.0. The van der Waals surface area contributed by atoms with Crippen molar-refractivity contribution < 1.29 is 23.8 Å². The van der Waals surface area contributed by atoms with E-state index >= 15 is 0 Å². The number of fused-ring (bicyclic) bond motifs is 3. The number of nitrogens with one attached hydrogen (secondary N) is 3. The lowest BCUT2D eigenvalue weighted by atomic mass is 9.98. The Balaban J connectivity index is 1.45. The van der Waals surface area contributed by atoms with Gasteiger partial charge in [-0.3, -0.25) is 14.7 Å². The van der Waals surface area contributed by atoms with Crippen molar-refractivity contribution in [1.82, 2.24) is 20.2 Å². The minimum atomic E-state index is -0.943. The van der Waals surface area contributed by atoms with Gasteiger partial charge < -0.3 is 25.5 Å². The van der Waals surface area contributed by atoms with Crippen molar-refractivity contribution in [2.45, 2.75) is 37.8 Å². The minimum Gasteiger partial charge on any atom is -0.492 e. The highest BCUT2D eigenvalue weighted by Crippen LogP contribution is 2.43. The highest BCUT2D eigenvalue weighted by Gasteiger charge is 2.47. The predicted molar refractivity (Wildman–Crippen MR) is 138 cm³/mol. The van der Waals surface area contributed by atoms with Crippen LogP contribution in [0.5, 0.6) is 5.75 Å². The number of halogens is 1. The molecule has 2 aliphatic heterocycles. The van der Waals surface area contributed by atoms with E-state index in [1.54, 1.807) is 30.6 Å². The SMILES string of the molecule is COc1c(F)cccc1Nc1c(-c2ccncc2C#C[C@H]2[C@@H]3CC[C@@H](C3)N2C(=O)O)[nH]c2c1C(=O)NCC2. The van der Waals surface area contributed by atoms with Gasteiger partial charge in [-0.05, 0) is 43.4 Å². The molecule has 4 N–H and O–H groups in total. The second-order valence-corrected chi connectivity index (χ2v) is 9.73. The summed E-state index contributed by atoms with van der Waals surface area (Å²) in [6.07, 6.45) is 5.61. The number of likely N-dealkylation sites (tertiary alicyclic amines) is 1. The largest absolute Gasteiger partial charge is 0.492 e. The second-order valence-electron chi connectivity index (χ2n) is 9.73. The lowest BCUT2D eigenvalue weighted by Gasteiger charge is -2.29. The molecule has 10 heteroatoms. The molecule has 1 aliphatic carbocycles. The number of anilines is 2. The Morgan fingerprint density at radius 2 is 2.18 bits per heavy atom. The number of aromatic amines is 1. The van der Waals surface area contributed by atoms with Gasteiger partial charge in [0, 0.05) is 42.7 Å². The van der Waals surface area contributed by atoms with Gasteiger partial charge in [-0.1, -0.05) is 17.9 Å². The number of carboxylic acid groups (broad SMARTS) is 1. The molecule has 3 atom stereocenters. The summed E-state index contributed by atoms with van der Waals surface area (Å²) in [7, 11) is 1.39. The fourth-order valence-corrected chi connectivity index (χ4v) is 5.97. The maximum atomic E-state index is 14.5. The van der Waals surface area contributed by atoms with Crippen LogP contribution in [0, 0.1) is 23.6 Å². The fraction of sp³-hybridized carbons (Fsp3) is 0.321. The zero-order valence-electron chi connectivity index (χ0n) is 20.7. The third-order valence-electron chi connectivity index (χ3n) is 7.65. The number of para-hydroxylation sites is 1. The molecule has 0 spiro atoms. The van der Waals surface area contributed by atoms with Crippen molar-refractivity contribution in [3.05, 3.63) is 59.3 Å². The first-order chi connectivity index (χ1) is 18.5. The number of carbonyl (C=O) groups excluding carboxylic acids is 1. The van der Waals surface area contributed by atoms with Crippen molar-refractivity contribution in [3.63, 3.8) is 0 Å². The van der Waals surface area contributed by atoms with E-state index in [2.05, 4.69) is 32.4 Å². The third-order valence-corrected chi connectivity index (χ3v) is 7.65. The number of aromatic nitrogens is 2. The van der Waals surface area contributed by atoms with Gasteiger partial charge in [0.15, 0.2) is 11.6 Å². The topological polar surface area (TPSA) is 120 Å². The van der Waals surface area contributed by atoms with Crippen LogP contribution in [-0.4, -0.2) is 57.7 Å². The van der Waals surface area contributed by atoms with Crippen molar-refractivity contribution in [1.29, 1.82) is 0 Å². The molecule has 2 amide bonds. The number of hydrogen-bond acceptors (Lipinski definition) is 5. The van der Waals surface area contributed by atoms with Crippen molar-refractivity contribution >= 4 is 23.4 Å². The van der Waals surface area contributed by atoms with E-state index in [-0.39, 0.29) is 29.7 Å². The summed E-state index contributed by atoms with van der Waals surface area (Å²) in [5.74, 6) is 5.88. The van der Waals surface area contributed by atoms with E-state index in [0.29, 0.717) is 46.7 Å². The molecule has 6 rings (SSSR count). The zero-order valence-corrected chi connectivity index (χ0v) is 20.7. The molecule has 1 saturated carbocycles. The van der Waals surface area contributed by atoms with E-state index in [4.69, 9.17) is 4.74 Å². The number of rotatable bonds is 4. The Bertz CT molecular complexity index is 1510. The minimum absolute atomic E-state index is 0.0239. The first kappa shape index (κ1) is 23.9. The van der Waals surface area contributed by atoms with Gasteiger partial charge >= 0.3 is 6.09 Å². The summed E-state index contributed by atoms with van der Waals surface area (Å²) in [5.41, 5.74) is 3.93. The molecule has 4 heterocycles. The Morgan fingerprint density at radius 3 is 3.00 bits per heavy atom. The van der Waals surface area contributed by atoms with Gasteiger partial charge in [-0.15, -0.1) is 0 Å². The van der Waals surface area contributed by atoms with Crippen LogP contribution < -0.4 is 15.4 Å². The van der Waals surface area contributed by atoms with Crippen LogP contribution in [0.2, 0.25) is 0 Å². The molecule has 194 valence electrons. The quantitative estimate of drug-likeness (QED) is 0.388. The Hall–Kier alpha value is -4.52. The van der Waals surface area contributed by atoms with E-state index in [0.717, 1.165) is 25.0 Å². The number of H-pyrrole nitrogens is 1. The summed E-state index contributed by atoms with van der Waals surface area (Å²) in [6, 6.07) is 5.99.